The van der Waals surface area contributed by atoms with Crippen LogP contribution in [0.1, 0.15) is 12.8 Å². The lowest BCUT2D eigenvalue weighted by Gasteiger charge is -2.25. The minimum atomic E-state index is 0.162. The third kappa shape index (κ3) is 1.88. The van der Waals surface area contributed by atoms with Crippen molar-refractivity contribution in [3.8, 4) is 0 Å². The second kappa shape index (κ2) is 4.46. The number of aliphatic hydroxyl groups is 1. The first-order chi connectivity index (χ1) is 8.81. The van der Waals surface area contributed by atoms with E-state index in [0.29, 0.717) is 12.6 Å². The fraction of sp³-hybridized carbons (Fsp3) is 0.357. The molecule has 1 aromatic carbocycles. The summed E-state index contributed by atoms with van der Waals surface area (Å²) in [7, 11) is 0. The number of rotatable bonds is 4. The van der Waals surface area contributed by atoms with E-state index in [1.54, 1.807) is 6.20 Å². The smallest absolute Gasteiger partial charge is 0.0956 e. The number of nitrogen functional groups attached to an aromatic ring is 1. The van der Waals surface area contributed by atoms with Crippen LogP contribution in [0.4, 0.5) is 11.4 Å². The number of anilines is 2. The van der Waals surface area contributed by atoms with E-state index in [1.165, 1.54) is 12.8 Å². The Kier molecular flexibility index (Phi) is 2.80. The average Bonchev–Trinajstić information content (AvgIpc) is 3.22. The van der Waals surface area contributed by atoms with Gasteiger partial charge in [-0.15, -0.1) is 0 Å². The zero-order chi connectivity index (χ0) is 12.5. The van der Waals surface area contributed by atoms with E-state index in [2.05, 4.69) is 9.88 Å². The van der Waals surface area contributed by atoms with Crippen LogP contribution < -0.4 is 10.6 Å². The first kappa shape index (κ1) is 11.3. The van der Waals surface area contributed by atoms with Crippen molar-refractivity contribution in [3.05, 3.63) is 30.5 Å². The third-order valence-electron chi connectivity index (χ3n) is 3.42. The monoisotopic (exact) mass is 243 g/mol. The average molecular weight is 243 g/mol. The molecule has 4 heteroatoms. The van der Waals surface area contributed by atoms with Crippen molar-refractivity contribution < 1.29 is 5.11 Å². The van der Waals surface area contributed by atoms with E-state index in [9.17, 15) is 5.11 Å². The number of hydrogen-bond donors (Lipinski definition) is 2. The maximum absolute atomic E-state index is 9.21. The molecule has 0 saturated heterocycles. The number of benzene rings is 1. The van der Waals surface area contributed by atoms with Gasteiger partial charge in [0.1, 0.15) is 0 Å². The molecule has 3 N–H and O–H groups in total. The fourth-order valence-electron chi connectivity index (χ4n) is 2.41. The molecule has 2 aromatic rings. The van der Waals surface area contributed by atoms with E-state index in [1.807, 2.05) is 24.3 Å². The SMILES string of the molecule is Nc1ccc(N(CCO)C2CC2)c2ncccc12. The molecule has 1 heterocycles. The van der Waals surface area contributed by atoms with E-state index in [-0.39, 0.29) is 6.61 Å². The minimum absolute atomic E-state index is 0.162. The van der Waals surface area contributed by atoms with Gasteiger partial charge in [0.15, 0.2) is 0 Å². The zero-order valence-corrected chi connectivity index (χ0v) is 10.2. The number of nitrogens with zero attached hydrogens (tertiary/aromatic N) is 2. The number of aromatic nitrogens is 1. The van der Waals surface area contributed by atoms with Crippen LogP contribution in [0.2, 0.25) is 0 Å². The Morgan fingerprint density at radius 3 is 2.89 bits per heavy atom. The predicted octanol–water partition coefficient (Wildman–Crippen LogP) is 1.78. The Morgan fingerprint density at radius 2 is 2.17 bits per heavy atom. The molecule has 1 fully saturated rings. The zero-order valence-electron chi connectivity index (χ0n) is 10.2. The minimum Gasteiger partial charge on any atom is -0.398 e. The van der Waals surface area contributed by atoms with Crippen molar-refractivity contribution in [2.45, 2.75) is 18.9 Å². The summed E-state index contributed by atoms with van der Waals surface area (Å²) in [6.07, 6.45) is 4.17. The summed E-state index contributed by atoms with van der Waals surface area (Å²) in [6, 6.07) is 8.37. The van der Waals surface area contributed by atoms with Crippen molar-refractivity contribution in [3.63, 3.8) is 0 Å². The second-order valence-corrected chi connectivity index (χ2v) is 4.72. The fourth-order valence-corrected chi connectivity index (χ4v) is 2.41. The maximum atomic E-state index is 9.21. The molecule has 0 aliphatic heterocycles. The molecule has 1 aliphatic carbocycles. The second-order valence-electron chi connectivity index (χ2n) is 4.72. The van der Waals surface area contributed by atoms with Crippen molar-refractivity contribution in [1.29, 1.82) is 0 Å². The van der Waals surface area contributed by atoms with Gasteiger partial charge in [0.05, 0.1) is 17.8 Å². The predicted molar refractivity (Wildman–Crippen MR) is 73.6 cm³/mol. The van der Waals surface area contributed by atoms with E-state index >= 15 is 0 Å². The molecule has 0 bridgehead atoms. The lowest BCUT2D eigenvalue weighted by atomic mass is 10.1. The van der Waals surface area contributed by atoms with Crippen LogP contribution in [-0.4, -0.2) is 29.3 Å². The van der Waals surface area contributed by atoms with Gasteiger partial charge >= 0.3 is 0 Å². The topological polar surface area (TPSA) is 62.4 Å². The van der Waals surface area contributed by atoms with Crippen LogP contribution >= 0.6 is 0 Å². The summed E-state index contributed by atoms with van der Waals surface area (Å²) in [6.45, 7) is 0.815. The number of nitrogens with two attached hydrogens (primary N) is 1. The highest BCUT2D eigenvalue weighted by molar-refractivity contribution is 5.98. The molecule has 4 nitrogen and oxygen atoms in total. The summed E-state index contributed by atoms with van der Waals surface area (Å²) < 4.78 is 0. The lowest BCUT2D eigenvalue weighted by Crippen LogP contribution is -2.29. The molecule has 0 amide bonds. The first-order valence-corrected chi connectivity index (χ1v) is 6.32. The van der Waals surface area contributed by atoms with Gasteiger partial charge in [0.25, 0.3) is 0 Å². The molecule has 1 aliphatic rings. The summed E-state index contributed by atoms with van der Waals surface area (Å²) >= 11 is 0. The van der Waals surface area contributed by atoms with Crippen LogP contribution in [0.5, 0.6) is 0 Å². The van der Waals surface area contributed by atoms with Crippen LogP contribution in [-0.2, 0) is 0 Å². The summed E-state index contributed by atoms with van der Waals surface area (Å²) in [5.41, 5.74) is 8.74. The van der Waals surface area contributed by atoms with Gasteiger partial charge in [-0.25, -0.2) is 0 Å². The summed E-state index contributed by atoms with van der Waals surface area (Å²) in [4.78, 5) is 6.70. The summed E-state index contributed by atoms with van der Waals surface area (Å²) in [5, 5.41) is 10.2. The molecule has 0 spiro atoms. The van der Waals surface area contributed by atoms with Gasteiger partial charge in [0, 0.05) is 29.9 Å². The van der Waals surface area contributed by atoms with Gasteiger partial charge in [-0.1, -0.05) is 0 Å². The van der Waals surface area contributed by atoms with Gasteiger partial charge in [-0.2, -0.15) is 0 Å². The quantitative estimate of drug-likeness (QED) is 0.803. The highest BCUT2D eigenvalue weighted by Gasteiger charge is 2.30. The number of hydrogen-bond acceptors (Lipinski definition) is 4. The van der Waals surface area contributed by atoms with E-state index < -0.39 is 0 Å². The Labute approximate surface area is 106 Å². The largest absolute Gasteiger partial charge is 0.398 e. The molecule has 94 valence electrons. The number of fused-ring (bicyclic) bond motifs is 1. The van der Waals surface area contributed by atoms with Crippen molar-refractivity contribution >= 4 is 22.3 Å². The number of aliphatic hydroxyl groups excluding tert-OH is 1. The molecule has 1 aromatic heterocycles. The first-order valence-electron chi connectivity index (χ1n) is 6.32. The van der Waals surface area contributed by atoms with Crippen molar-refractivity contribution in [1.82, 2.24) is 4.98 Å². The van der Waals surface area contributed by atoms with E-state index in [4.69, 9.17) is 5.73 Å². The molecule has 18 heavy (non-hydrogen) atoms. The molecule has 1 saturated carbocycles. The maximum Gasteiger partial charge on any atom is 0.0956 e. The van der Waals surface area contributed by atoms with Crippen molar-refractivity contribution in [2.75, 3.05) is 23.8 Å². The van der Waals surface area contributed by atoms with Crippen LogP contribution in [0, 0.1) is 0 Å². The molecule has 0 atom stereocenters. The Morgan fingerprint density at radius 1 is 1.33 bits per heavy atom. The standard InChI is InChI=1S/C14H17N3O/c15-12-5-6-13(14-11(12)2-1-7-16-14)17(8-9-18)10-3-4-10/h1-2,5-7,10,18H,3-4,8-9,15H2. The van der Waals surface area contributed by atoms with Gasteiger partial charge in [-0.3, -0.25) is 4.98 Å². The van der Waals surface area contributed by atoms with Crippen LogP contribution in [0.3, 0.4) is 0 Å². The van der Waals surface area contributed by atoms with Gasteiger partial charge in [0.2, 0.25) is 0 Å². The normalized spacial score (nSPS) is 14.9. The molecular weight excluding hydrogens is 226 g/mol. The van der Waals surface area contributed by atoms with Crippen LogP contribution in [0.15, 0.2) is 30.5 Å². The molecule has 0 unspecified atom stereocenters. The third-order valence-corrected chi connectivity index (χ3v) is 3.42. The molecular formula is C14H17N3O. The number of pyridine rings is 1. The van der Waals surface area contributed by atoms with Crippen LogP contribution in [0.25, 0.3) is 10.9 Å². The van der Waals surface area contributed by atoms with Gasteiger partial charge in [-0.05, 0) is 37.1 Å². The van der Waals surface area contributed by atoms with Gasteiger partial charge < -0.3 is 15.7 Å². The summed E-state index contributed by atoms with van der Waals surface area (Å²) in [5.74, 6) is 0. The van der Waals surface area contributed by atoms with Crippen molar-refractivity contribution in [2.24, 2.45) is 0 Å². The highest BCUT2D eigenvalue weighted by Crippen LogP contribution is 2.36. The van der Waals surface area contributed by atoms with E-state index in [0.717, 1.165) is 22.3 Å². The molecule has 0 radical (unpaired) electrons. The molecule has 3 rings (SSSR count). The highest BCUT2D eigenvalue weighted by atomic mass is 16.3. The Balaban J connectivity index is 2.12. The Hall–Kier alpha value is -1.81. The Bertz CT molecular complexity index is 566. The lowest BCUT2D eigenvalue weighted by molar-refractivity contribution is 0.301.